The summed E-state index contributed by atoms with van der Waals surface area (Å²) in [7, 11) is 0. The van der Waals surface area contributed by atoms with Gasteiger partial charge in [-0.3, -0.25) is 10.3 Å². The number of hydrogen-bond donors (Lipinski definition) is 3. The summed E-state index contributed by atoms with van der Waals surface area (Å²) in [6.45, 7) is 4.68. The molecule has 0 radical (unpaired) electrons. The van der Waals surface area contributed by atoms with Gasteiger partial charge >= 0.3 is 0 Å². The zero-order chi connectivity index (χ0) is 16.3. The average Bonchev–Trinajstić information content (AvgIpc) is 2.78. The number of rotatable bonds is 4. The van der Waals surface area contributed by atoms with Crippen LogP contribution in [0.3, 0.4) is 0 Å². The first-order valence-corrected chi connectivity index (χ1v) is 8.05. The molecule has 0 atom stereocenters. The van der Waals surface area contributed by atoms with E-state index in [2.05, 4.69) is 31.6 Å². The lowest BCUT2D eigenvalue weighted by molar-refractivity contribution is 0.316. The summed E-state index contributed by atoms with van der Waals surface area (Å²) >= 11 is 0. The Morgan fingerprint density at radius 1 is 1.43 bits per heavy atom. The van der Waals surface area contributed by atoms with Gasteiger partial charge in [0, 0.05) is 38.5 Å². The second-order valence-corrected chi connectivity index (χ2v) is 5.52. The van der Waals surface area contributed by atoms with Gasteiger partial charge in [0.1, 0.15) is 12.5 Å². The Bertz CT molecular complexity index is 501. The Kier molecular flexibility index (Phi) is 7.62. The second-order valence-electron chi connectivity index (χ2n) is 5.52. The van der Waals surface area contributed by atoms with Crippen molar-refractivity contribution in [2.75, 3.05) is 39.4 Å². The third kappa shape index (κ3) is 6.83. The summed E-state index contributed by atoms with van der Waals surface area (Å²) < 4.78 is 12.0. The first kappa shape index (κ1) is 17.5. The normalized spacial score (nSPS) is 26.3. The van der Waals surface area contributed by atoms with Crippen molar-refractivity contribution in [2.24, 2.45) is 9.98 Å². The van der Waals surface area contributed by atoms with E-state index in [1.165, 1.54) is 12.0 Å². The van der Waals surface area contributed by atoms with Crippen molar-refractivity contribution in [3.8, 4) is 0 Å². The molecule has 0 bridgehead atoms. The van der Waals surface area contributed by atoms with Crippen molar-refractivity contribution in [1.82, 2.24) is 15.5 Å². The lowest BCUT2D eigenvalue weighted by atomic mass is 10.1. The molecular weight excluding hydrogens is 295 g/mol. The summed E-state index contributed by atoms with van der Waals surface area (Å²) in [4.78, 5) is 10.4. The molecule has 2 aliphatic heterocycles. The van der Waals surface area contributed by atoms with Gasteiger partial charge in [-0.1, -0.05) is 11.6 Å². The standard InChI is InChI=1S/C16H25FN6/c17-6-9-21-16(18)22-15-4-1-3-14(5-8-20-15)13-23-11-2-7-19-10-12-23/h3-4,8-9,19H,1-2,5-7,10-13H2,(H2,18,22)/b14-3+,15-4+,20-8-,21-9-. The summed E-state index contributed by atoms with van der Waals surface area (Å²) in [5, 5.41) is 13.7. The summed E-state index contributed by atoms with van der Waals surface area (Å²) in [6.07, 6.45) is 9.81. The molecule has 0 aromatic carbocycles. The lowest BCUT2D eigenvalue weighted by Crippen LogP contribution is -2.30. The van der Waals surface area contributed by atoms with Crippen molar-refractivity contribution in [1.29, 1.82) is 5.41 Å². The molecule has 1 saturated heterocycles. The van der Waals surface area contributed by atoms with Gasteiger partial charge in [0.25, 0.3) is 0 Å². The van der Waals surface area contributed by atoms with E-state index >= 15 is 0 Å². The summed E-state index contributed by atoms with van der Waals surface area (Å²) in [6, 6.07) is 0. The molecule has 2 rings (SSSR count). The van der Waals surface area contributed by atoms with E-state index in [0.717, 1.165) is 51.8 Å². The topological polar surface area (TPSA) is 75.9 Å². The molecule has 6 nitrogen and oxygen atoms in total. The number of alkyl halides is 1. The fourth-order valence-corrected chi connectivity index (χ4v) is 2.57. The van der Waals surface area contributed by atoms with Crippen LogP contribution in [0, 0.1) is 5.41 Å². The van der Waals surface area contributed by atoms with Gasteiger partial charge in [-0.25, -0.2) is 14.4 Å². The molecule has 2 heterocycles. The molecule has 0 amide bonds. The van der Waals surface area contributed by atoms with Crippen molar-refractivity contribution in [3.63, 3.8) is 0 Å². The number of nitrogens with zero attached hydrogens (tertiary/aromatic N) is 3. The van der Waals surface area contributed by atoms with Gasteiger partial charge < -0.3 is 10.6 Å². The minimum absolute atomic E-state index is 0.104. The van der Waals surface area contributed by atoms with E-state index in [1.807, 2.05) is 12.3 Å². The third-order valence-corrected chi connectivity index (χ3v) is 3.70. The Hall–Kier alpha value is -1.86. The number of nitrogens with one attached hydrogen (secondary N) is 3. The molecule has 0 aromatic heterocycles. The third-order valence-electron chi connectivity index (χ3n) is 3.70. The van der Waals surface area contributed by atoms with Gasteiger partial charge in [0.2, 0.25) is 5.96 Å². The van der Waals surface area contributed by atoms with Crippen LogP contribution in [0.15, 0.2) is 33.5 Å². The highest BCUT2D eigenvalue weighted by atomic mass is 19.1. The molecule has 3 N–H and O–H groups in total. The molecule has 0 aromatic rings. The first-order valence-electron chi connectivity index (χ1n) is 8.05. The van der Waals surface area contributed by atoms with Crippen LogP contribution < -0.4 is 10.6 Å². The Labute approximate surface area is 136 Å². The van der Waals surface area contributed by atoms with Crippen molar-refractivity contribution in [2.45, 2.75) is 19.3 Å². The van der Waals surface area contributed by atoms with E-state index < -0.39 is 6.67 Å². The fraction of sp³-hybridized carbons (Fsp3) is 0.562. The van der Waals surface area contributed by atoms with Crippen LogP contribution in [0.2, 0.25) is 0 Å². The molecule has 0 aliphatic carbocycles. The Morgan fingerprint density at radius 2 is 2.35 bits per heavy atom. The highest BCUT2D eigenvalue weighted by molar-refractivity contribution is 5.86. The van der Waals surface area contributed by atoms with Gasteiger partial charge in [0.05, 0.1) is 0 Å². The molecular formula is C16H25FN6. The van der Waals surface area contributed by atoms with Crippen molar-refractivity contribution in [3.05, 3.63) is 23.5 Å². The zero-order valence-corrected chi connectivity index (χ0v) is 13.4. The minimum Gasteiger partial charge on any atom is -0.315 e. The predicted molar refractivity (Wildman–Crippen MR) is 93.1 cm³/mol. The second kappa shape index (κ2) is 10.0. The fourth-order valence-electron chi connectivity index (χ4n) is 2.57. The van der Waals surface area contributed by atoms with E-state index in [4.69, 9.17) is 5.41 Å². The Balaban J connectivity index is 1.86. The molecule has 2 aliphatic rings. The van der Waals surface area contributed by atoms with Crippen LogP contribution in [0.25, 0.3) is 0 Å². The van der Waals surface area contributed by atoms with E-state index in [9.17, 15) is 4.39 Å². The van der Waals surface area contributed by atoms with Gasteiger partial charge in [0.15, 0.2) is 0 Å². The molecule has 23 heavy (non-hydrogen) atoms. The highest BCUT2D eigenvalue weighted by Crippen LogP contribution is 2.10. The average molecular weight is 320 g/mol. The van der Waals surface area contributed by atoms with Crippen LogP contribution in [0.4, 0.5) is 4.39 Å². The van der Waals surface area contributed by atoms with Crippen molar-refractivity contribution >= 4 is 18.4 Å². The molecule has 0 saturated carbocycles. The maximum atomic E-state index is 12.0. The molecule has 0 unspecified atom stereocenters. The molecule has 126 valence electrons. The Morgan fingerprint density at radius 3 is 3.22 bits per heavy atom. The van der Waals surface area contributed by atoms with Crippen LogP contribution in [-0.2, 0) is 0 Å². The quantitative estimate of drug-likeness (QED) is 0.417. The monoisotopic (exact) mass is 320 g/mol. The largest absolute Gasteiger partial charge is 0.315 e. The van der Waals surface area contributed by atoms with E-state index in [-0.39, 0.29) is 5.96 Å². The number of guanidine groups is 1. The number of aliphatic imine (C=N–C) groups is 2. The van der Waals surface area contributed by atoms with Gasteiger partial charge in [-0.2, -0.15) is 0 Å². The van der Waals surface area contributed by atoms with Crippen LogP contribution in [-0.4, -0.2) is 62.7 Å². The number of allylic oxidation sites excluding steroid dienone is 2. The molecule has 1 fully saturated rings. The lowest BCUT2D eigenvalue weighted by Gasteiger charge is -2.21. The van der Waals surface area contributed by atoms with Crippen LogP contribution >= 0.6 is 0 Å². The maximum Gasteiger partial charge on any atom is 0.220 e. The van der Waals surface area contributed by atoms with Crippen LogP contribution in [0.1, 0.15) is 19.3 Å². The smallest absolute Gasteiger partial charge is 0.220 e. The summed E-state index contributed by atoms with van der Waals surface area (Å²) in [5.41, 5.74) is 1.37. The van der Waals surface area contributed by atoms with E-state index in [0.29, 0.717) is 5.82 Å². The molecule has 0 spiro atoms. The number of hydrogen-bond acceptors (Lipinski definition) is 4. The van der Waals surface area contributed by atoms with E-state index in [1.54, 1.807) is 0 Å². The van der Waals surface area contributed by atoms with Gasteiger partial charge in [-0.15, -0.1) is 0 Å². The number of halogens is 1. The summed E-state index contributed by atoms with van der Waals surface area (Å²) in [5.74, 6) is 0.480. The minimum atomic E-state index is -0.676. The van der Waals surface area contributed by atoms with Crippen molar-refractivity contribution < 1.29 is 4.39 Å². The maximum absolute atomic E-state index is 12.0. The highest BCUT2D eigenvalue weighted by Gasteiger charge is 2.10. The SMILES string of the molecule is N=C(/N=C\CF)NC1=C/C/C=C(/CN2CCCNCC2)C/C=N\1. The van der Waals surface area contributed by atoms with Gasteiger partial charge in [-0.05, 0) is 32.0 Å². The zero-order valence-electron chi connectivity index (χ0n) is 13.4. The first-order chi connectivity index (χ1) is 11.3. The predicted octanol–water partition coefficient (Wildman–Crippen LogP) is 1.48. The van der Waals surface area contributed by atoms with Crippen LogP contribution in [0.5, 0.6) is 0 Å². The molecule has 7 heteroatoms.